The Kier molecular flexibility index (Phi) is 5.37. The number of carbonyl (C=O) groups excluding carboxylic acids is 2. The Labute approximate surface area is 170 Å². The van der Waals surface area contributed by atoms with Crippen LogP contribution in [0, 0.1) is 12.3 Å². The number of terminal acetylenes is 1. The van der Waals surface area contributed by atoms with Crippen molar-refractivity contribution in [2.45, 2.75) is 62.8 Å². The molecule has 1 aromatic rings. The average molecular weight is 394 g/mol. The third-order valence-corrected chi connectivity index (χ3v) is 6.07. The SMILES string of the molecule is C#CCCC1(CCNC(=O)C2CC(O)CN2C(=O)c2ccc3c(c2)CCC3)N=N1. The molecule has 4 rings (SSSR count). The number of nitrogens with zero attached hydrogens (tertiary/aromatic N) is 3. The minimum Gasteiger partial charge on any atom is -0.391 e. The smallest absolute Gasteiger partial charge is 0.254 e. The average Bonchev–Trinajstić information content (AvgIpc) is 3.13. The van der Waals surface area contributed by atoms with Gasteiger partial charge in [-0.2, -0.15) is 10.2 Å². The molecule has 2 amide bonds. The van der Waals surface area contributed by atoms with E-state index in [2.05, 4.69) is 21.5 Å². The number of aliphatic hydroxyl groups is 1. The van der Waals surface area contributed by atoms with Crippen molar-refractivity contribution < 1.29 is 14.7 Å². The summed E-state index contributed by atoms with van der Waals surface area (Å²) in [5.74, 6) is 2.14. The maximum atomic E-state index is 13.1. The van der Waals surface area contributed by atoms with E-state index >= 15 is 0 Å². The van der Waals surface area contributed by atoms with Crippen LogP contribution in [0.2, 0.25) is 0 Å². The van der Waals surface area contributed by atoms with Gasteiger partial charge in [-0.25, -0.2) is 0 Å². The van der Waals surface area contributed by atoms with E-state index in [0.29, 0.717) is 31.4 Å². The maximum Gasteiger partial charge on any atom is 0.254 e. The largest absolute Gasteiger partial charge is 0.391 e. The fourth-order valence-corrected chi connectivity index (χ4v) is 4.33. The number of aryl methyl sites for hydroxylation is 2. The number of aliphatic hydroxyl groups excluding tert-OH is 1. The van der Waals surface area contributed by atoms with Crippen molar-refractivity contribution in [3.8, 4) is 12.3 Å². The Morgan fingerprint density at radius 3 is 2.83 bits per heavy atom. The van der Waals surface area contributed by atoms with Gasteiger partial charge >= 0.3 is 0 Å². The maximum absolute atomic E-state index is 13.1. The summed E-state index contributed by atoms with van der Waals surface area (Å²) < 4.78 is 0. The molecule has 2 unspecified atom stereocenters. The van der Waals surface area contributed by atoms with Crippen LogP contribution >= 0.6 is 0 Å². The Bertz CT molecular complexity index is 883. The molecule has 0 aromatic heterocycles. The second kappa shape index (κ2) is 7.96. The molecule has 7 nitrogen and oxygen atoms in total. The number of hydrogen-bond acceptors (Lipinski definition) is 5. The lowest BCUT2D eigenvalue weighted by atomic mass is 10.0. The Morgan fingerprint density at radius 1 is 1.28 bits per heavy atom. The molecule has 3 aliphatic rings. The van der Waals surface area contributed by atoms with E-state index in [1.165, 1.54) is 16.0 Å². The second-order valence-electron chi connectivity index (χ2n) is 8.13. The third-order valence-electron chi connectivity index (χ3n) is 6.07. The zero-order valence-electron chi connectivity index (χ0n) is 16.4. The van der Waals surface area contributed by atoms with Crippen molar-refractivity contribution in [1.82, 2.24) is 10.2 Å². The lowest BCUT2D eigenvalue weighted by molar-refractivity contribution is -0.124. The third kappa shape index (κ3) is 4.18. The zero-order chi connectivity index (χ0) is 20.4. The van der Waals surface area contributed by atoms with E-state index in [0.717, 1.165) is 19.3 Å². The zero-order valence-corrected chi connectivity index (χ0v) is 16.4. The first-order valence-corrected chi connectivity index (χ1v) is 10.3. The van der Waals surface area contributed by atoms with Crippen molar-refractivity contribution in [3.63, 3.8) is 0 Å². The van der Waals surface area contributed by atoms with Gasteiger partial charge in [-0.15, -0.1) is 12.3 Å². The van der Waals surface area contributed by atoms with Crippen LogP contribution in [0.5, 0.6) is 0 Å². The monoisotopic (exact) mass is 394 g/mol. The minimum absolute atomic E-state index is 0.171. The fraction of sp³-hybridized carbons (Fsp3) is 0.545. The quantitative estimate of drug-likeness (QED) is 0.691. The van der Waals surface area contributed by atoms with E-state index in [-0.39, 0.29) is 24.8 Å². The van der Waals surface area contributed by atoms with Gasteiger partial charge in [-0.3, -0.25) is 9.59 Å². The van der Waals surface area contributed by atoms with Crippen LogP contribution in [0.4, 0.5) is 0 Å². The van der Waals surface area contributed by atoms with Gasteiger partial charge in [-0.1, -0.05) is 6.07 Å². The van der Waals surface area contributed by atoms with Gasteiger partial charge < -0.3 is 15.3 Å². The summed E-state index contributed by atoms with van der Waals surface area (Å²) >= 11 is 0. The molecule has 152 valence electrons. The van der Waals surface area contributed by atoms with E-state index in [9.17, 15) is 14.7 Å². The molecule has 7 heteroatoms. The summed E-state index contributed by atoms with van der Waals surface area (Å²) in [5.41, 5.74) is 2.65. The highest BCUT2D eigenvalue weighted by Crippen LogP contribution is 2.36. The normalized spacial score (nSPS) is 23.5. The predicted molar refractivity (Wildman–Crippen MR) is 107 cm³/mol. The molecule has 1 saturated heterocycles. The summed E-state index contributed by atoms with van der Waals surface area (Å²) in [4.78, 5) is 27.3. The molecule has 29 heavy (non-hydrogen) atoms. The summed E-state index contributed by atoms with van der Waals surface area (Å²) in [6.07, 6.45) is 9.87. The molecule has 2 N–H and O–H groups in total. The van der Waals surface area contributed by atoms with Gasteiger partial charge in [-0.05, 0) is 42.5 Å². The molecule has 2 heterocycles. The number of β-amino-alcohol motifs (C(OH)–C–C–N with tert-alkyl or cyclic N) is 1. The summed E-state index contributed by atoms with van der Waals surface area (Å²) in [5, 5.41) is 21.1. The molecule has 0 bridgehead atoms. The van der Waals surface area contributed by atoms with Gasteiger partial charge in [0.15, 0.2) is 5.66 Å². The molecule has 1 fully saturated rings. The summed E-state index contributed by atoms with van der Waals surface area (Å²) in [6.45, 7) is 0.578. The highest BCUT2D eigenvalue weighted by molar-refractivity contribution is 5.98. The molecule has 1 aliphatic carbocycles. The van der Waals surface area contributed by atoms with Crippen LogP contribution in [0.3, 0.4) is 0 Å². The number of fused-ring (bicyclic) bond motifs is 1. The molecule has 1 aromatic carbocycles. The number of likely N-dealkylation sites (tertiary alicyclic amines) is 1. The van der Waals surface area contributed by atoms with Crippen molar-refractivity contribution in [2.24, 2.45) is 10.2 Å². The molecular weight excluding hydrogens is 368 g/mol. The Balaban J connectivity index is 1.37. The van der Waals surface area contributed by atoms with Crippen molar-refractivity contribution in [1.29, 1.82) is 0 Å². The molecule has 2 atom stereocenters. The first-order chi connectivity index (χ1) is 14.0. The summed E-state index contributed by atoms with van der Waals surface area (Å²) in [7, 11) is 0. The van der Waals surface area contributed by atoms with Crippen LogP contribution in [-0.4, -0.2) is 52.7 Å². The summed E-state index contributed by atoms with van der Waals surface area (Å²) in [6, 6.07) is 5.11. The van der Waals surface area contributed by atoms with E-state index in [1.54, 1.807) is 0 Å². The Hall–Kier alpha value is -2.72. The lowest BCUT2D eigenvalue weighted by Crippen LogP contribution is -2.46. The minimum atomic E-state index is -0.695. The lowest BCUT2D eigenvalue weighted by Gasteiger charge is -2.24. The van der Waals surface area contributed by atoms with Gasteiger partial charge in [0.2, 0.25) is 5.91 Å². The molecule has 2 aliphatic heterocycles. The number of hydrogen-bond donors (Lipinski definition) is 2. The topological polar surface area (TPSA) is 94.4 Å². The van der Waals surface area contributed by atoms with Gasteiger partial charge in [0, 0.05) is 44.3 Å². The second-order valence-corrected chi connectivity index (χ2v) is 8.13. The van der Waals surface area contributed by atoms with E-state index in [4.69, 9.17) is 6.42 Å². The van der Waals surface area contributed by atoms with Crippen molar-refractivity contribution >= 4 is 11.8 Å². The fourth-order valence-electron chi connectivity index (χ4n) is 4.33. The van der Waals surface area contributed by atoms with Crippen LogP contribution in [-0.2, 0) is 17.6 Å². The number of carbonyl (C=O) groups is 2. The van der Waals surface area contributed by atoms with Crippen LogP contribution in [0.25, 0.3) is 0 Å². The van der Waals surface area contributed by atoms with Gasteiger partial charge in [0.25, 0.3) is 5.91 Å². The van der Waals surface area contributed by atoms with Crippen LogP contribution < -0.4 is 5.32 Å². The molecule has 0 radical (unpaired) electrons. The van der Waals surface area contributed by atoms with E-state index in [1.807, 2.05) is 18.2 Å². The van der Waals surface area contributed by atoms with Gasteiger partial charge in [0.1, 0.15) is 6.04 Å². The van der Waals surface area contributed by atoms with Crippen molar-refractivity contribution in [3.05, 3.63) is 34.9 Å². The van der Waals surface area contributed by atoms with Crippen molar-refractivity contribution in [2.75, 3.05) is 13.1 Å². The first-order valence-electron chi connectivity index (χ1n) is 10.3. The number of amides is 2. The number of benzene rings is 1. The van der Waals surface area contributed by atoms with Crippen LogP contribution in [0.1, 0.15) is 53.6 Å². The first kappa shape index (κ1) is 19.6. The number of nitrogens with one attached hydrogen (secondary N) is 1. The highest BCUT2D eigenvalue weighted by atomic mass is 16.3. The number of rotatable bonds is 7. The molecular formula is C22H26N4O3. The highest BCUT2D eigenvalue weighted by Gasteiger charge is 2.41. The van der Waals surface area contributed by atoms with Crippen LogP contribution in [0.15, 0.2) is 28.4 Å². The molecule has 0 spiro atoms. The molecule has 0 saturated carbocycles. The predicted octanol–water partition coefficient (Wildman–Crippen LogP) is 1.83. The van der Waals surface area contributed by atoms with Gasteiger partial charge in [0.05, 0.1) is 6.10 Å². The Morgan fingerprint density at radius 2 is 2.07 bits per heavy atom. The standard InChI is InChI=1S/C22H26N4O3/c1-2-3-9-22(24-25-22)10-11-23-20(28)19-13-18(27)14-26(19)21(29)17-8-7-15-5-4-6-16(15)12-17/h1,7-8,12,18-19,27H,3-6,9-11,13-14H2,(H,23,28). The van der Waals surface area contributed by atoms with E-state index < -0.39 is 17.8 Å².